The fraction of sp³-hybridized carbons (Fsp3) is 0.571. The van der Waals surface area contributed by atoms with Crippen molar-refractivity contribution >= 4 is 11.3 Å². The number of thiazole rings is 1. The van der Waals surface area contributed by atoms with E-state index in [0.29, 0.717) is 0 Å². The van der Waals surface area contributed by atoms with Crippen LogP contribution in [0.2, 0.25) is 0 Å². The molecule has 0 amide bonds. The Hall–Kier alpha value is -1.20. The van der Waals surface area contributed by atoms with Crippen molar-refractivity contribution in [1.82, 2.24) is 20.1 Å². The number of hydrogen-bond acceptors (Lipinski definition) is 4. The second-order valence-corrected chi connectivity index (χ2v) is 6.60. The lowest BCUT2D eigenvalue weighted by molar-refractivity contribution is 0.651. The lowest BCUT2D eigenvalue weighted by Gasteiger charge is -2.04. The molecule has 2 aromatic rings. The van der Waals surface area contributed by atoms with E-state index in [1.807, 2.05) is 6.20 Å². The number of nitrogens with one attached hydrogen (secondary N) is 1. The first-order chi connectivity index (χ1) is 9.13. The molecule has 102 valence electrons. The van der Waals surface area contributed by atoms with Crippen LogP contribution in [0.5, 0.6) is 0 Å². The minimum atomic E-state index is 0.743. The summed E-state index contributed by atoms with van der Waals surface area (Å²) in [5.41, 5.74) is 3.69. The minimum Gasteiger partial charge on any atom is -0.310 e. The summed E-state index contributed by atoms with van der Waals surface area (Å²) in [6, 6.07) is 0.743. The maximum absolute atomic E-state index is 4.58. The monoisotopic (exact) mass is 276 g/mol. The highest BCUT2D eigenvalue weighted by molar-refractivity contribution is 7.11. The van der Waals surface area contributed by atoms with Crippen molar-refractivity contribution in [2.45, 2.75) is 52.7 Å². The van der Waals surface area contributed by atoms with Crippen molar-refractivity contribution in [1.29, 1.82) is 0 Å². The topological polar surface area (TPSA) is 42.7 Å². The third-order valence-corrected chi connectivity index (χ3v) is 4.78. The predicted molar refractivity (Wildman–Crippen MR) is 77.5 cm³/mol. The van der Waals surface area contributed by atoms with Gasteiger partial charge in [-0.05, 0) is 33.6 Å². The number of aromatic nitrogens is 3. The summed E-state index contributed by atoms with van der Waals surface area (Å²) < 4.78 is 2.06. The average Bonchev–Trinajstić information content (AvgIpc) is 3.07. The van der Waals surface area contributed by atoms with Gasteiger partial charge < -0.3 is 5.32 Å². The van der Waals surface area contributed by atoms with Gasteiger partial charge in [0.1, 0.15) is 5.01 Å². The third kappa shape index (κ3) is 2.87. The van der Waals surface area contributed by atoms with Gasteiger partial charge in [0, 0.05) is 28.7 Å². The van der Waals surface area contributed by atoms with Gasteiger partial charge in [-0.3, -0.25) is 4.68 Å². The van der Waals surface area contributed by atoms with Gasteiger partial charge in [-0.2, -0.15) is 5.10 Å². The molecule has 0 atom stereocenters. The van der Waals surface area contributed by atoms with Gasteiger partial charge in [-0.25, -0.2) is 4.98 Å². The first-order valence-electron chi connectivity index (χ1n) is 6.81. The Labute approximate surface area is 117 Å². The fourth-order valence-corrected chi connectivity index (χ4v) is 3.01. The molecule has 1 N–H and O–H groups in total. The maximum Gasteiger partial charge on any atom is 0.115 e. The summed E-state index contributed by atoms with van der Waals surface area (Å²) in [6.45, 7) is 8.05. The zero-order chi connectivity index (χ0) is 13.4. The molecule has 0 bridgehead atoms. The summed E-state index contributed by atoms with van der Waals surface area (Å²) >= 11 is 1.77. The normalized spacial score (nSPS) is 15.1. The van der Waals surface area contributed by atoms with E-state index in [0.717, 1.165) is 29.8 Å². The molecule has 1 saturated carbocycles. The van der Waals surface area contributed by atoms with Crippen molar-refractivity contribution in [3.63, 3.8) is 0 Å². The first kappa shape index (κ1) is 12.8. The molecular formula is C14H20N4S. The highest BCUT2D eigenvalue weighted by Crippen LogP contribution is 2.21. The molecule has 4 nitrogen and oxygen atoms in total. The van der Waals surface area contributed by atoms with Gasteiger partial charge in [-0.15, -0.1) is 11.3 Å². The minimum absolute atomic E-state index is 0.743. The zero-order valence-electron chi connectivity index (χ0n) is 11.7. The highest BCUT2D eigenvalue weighted by Gasteiger charge is 2.20. The van der Waals surface area contributed by atoms with E-state index in [1.54, 1.807) is 11.3 Å². The molecule has 0 saturated heterocycles. The van der Waals surface area contributed by atoms with Crippen molar-refractivity contribution in [2.75, 3.05) is 0 Å². The van der Waals surface area contributed by atoms with Crippen molar-refractivity contribution in [2.24, 2.45) is 0 Å². The molecule has 19 heavy (non-hydrogen) atoms. The van der Waals surface area contributed by atoms with Crippen LogP contribution in [0.15, 0.2) is 6.20 Å². The summed E-state index contributed by atoms with van der Waals surface area (Å²) in [4.78, 5) is 5.88. The molecule has 3 rings (SSSR count). The molecule has 0 unspecified atom stereocenters. The van der Waals surface area contributed by atoms with Gasteiger partial charge in [-0.1, -0.05) is 0 Å². The van der Waals surface area contributed by atoms with Gasteiger partial charge in [0.05, 0.1) is 18.4 Å². The Morgan fingerprint density at radius 2 is 2.16 bits per heavy atom. The molecule has 1 aliphatic rings. The molecule has 1 aliphatic carbocycles. The SMILES string of the molecule is Cc1nc(Cn2ncc(CNC3CC3)c2C)sc1C. The van der Waals surface area contributed by atoms with Gasteiger partial charge in [0.25, 0.3) is 0 Å². The molecule has 2 aromatic heterocycles. The predicted octanol–water partition coefficient (Wildman–Crippen LogP) is 2.57. The highest BCUT2D eigenvalue weighted by atomic mass is 32.1. The van der Waals surface area contributed by atoms with Crippen LogP contribution in [0.3, 0.4) is 0 Å². The average molecular weight is 276 g/mol. The van der Waals surface area contributed by atoms with Crippen LogP contribution < -0.4 is 5.32 Å². The second kappa shape index (κ2) is 5.06. The van der Waals surface area contributed by atoms with E-state index in [4.69, 9.17) is 0 Å². The maximum atomic E-state index is 4.58. The molecule has 0 aliphatic heterocycles. The smallest absolute Gasteiger partial charge is 0.115 e. The van der Waals surface area contributed by atoms with Crippen LogP contribution in [0, 0.1) is 20.8 Å². The van der Waals surface area contributed by atoms with Crippen LogP contribution in [0.25, 0.3) is 0 Å². The van der Waals surface area contributed by atoms with E-state index >= 15 is 0 Å². The van der Waals surface area contributed by atoms with E-state index in [2.05, 4.69) is 40.9 Å². The Morgan fingerprint density at radius 3 is 2.79 bits per heavy atom. The Morgan fingerprint density at radius 1 is 1.37 bits per heavy atom. The first-order valence-corrected chi connectivity index (χ1v) is 7.62. The van der Waals surface area contributed by atoms with Crippen LogP contribution in [0.1, 0.15) is 39.7 Å². The molecular weight excluding hydrogens is 256 g/mol. The van der Waals surface area contributed by atoms with E-state index in [-0.39, 0.29) is 0 Å². The summed E-state index contributed by atoms with van der Waals surface area (Å²) in [5.74, 6) is 0. The number of hydrogen-bond donors (Lipinski definition) is 1. The van der Waals surface area contributed by atoms with Crippen molar-refractivity contribution in [3.05, 3.63) is 33.0 Å². The Bertz CT molecular complexity index is 561. The fourth-order valence-electron chi connectivity index (χ4n) is 2.09. The Balaban J connectivity index is 1.70. The number of nitrogens with zero attached hydrogens (tertiary/aromatic N) is 3. The zero-order valence-corrected chi connectivity index (χ0v) is 12.5. The number of aryl methyl sites for hydroxylation is 2. The van der Waals surface area contributed by atoms with Crippen LogP contribution in [-0.4, -0.2) is 20.8 Å². The quantitative estimate of drug-likeness (QED) is 0.912. The van der Waals surface area contributed by atoms with Crippen molar-refractivity contribution < 1.29 is 0 Å². The lowest BCUT2D eigenvalue weighted by Crippen LogP contribution is -2.15. The second-order valence-electron chi connectivity index (χ2n) is 5.32. The molecule has 0 spiro atoms. The van der Waals surface area contributed by atoms with Gasteiger partial charge in [0.15, 0.2) is 0 Å². The molecule has 1 fully saturated rings. The Kier molecular flexibility index (Phi) is 3.41. The largest absolute Gasteiger partial charge is 0.310 e. The summed E-state index contributed by atoms with van der Waals surface area (Å²) in [5, 5.41) is 9.17. The van der Waals surface area contributed by atoms with Gasteiger partial charge in [0.2, 0.25) is 0 Å². The molecule has 0 radical (unpaired) electrons. The van der Waals surface area contributed by atoms with Crippen LogP contribution in [-0.2, 0) is 13.1 Å². The molecule has 2 heterocycles. The number of rotatable bonds is 5. The van der Waals surface area contributed by atoms with Crippen molar-refractivity contribution in [3.8, 4) is 0 Å². The standard InChI is InChI=1S/C14H20N4S/c1-9-11(3)19-14(17-9)8-18-10(2)12(7-16-18)6-15-13-4-5-13/h7,13,15H,4-6,8H2,1-3H3. The van der Waals surface area contributed by atoms with Gasteiger partial charge >= 0.3 is 0 Å². The molecule has 0 aromatic carbocycles. The van der Waals surface area contributed by atoms with Crippen LogP contribution >= 0.6 is 11.3 Å². The van der Waals surface area contributed by atoms with E-state index < -0.39 is 0 Å². The third-order valence-electron chi connectivity index (χ3n) is 3.72. The van der Waals surface area contributed by atoms with E-state index in [1.165, 1.54) is 29.0 Å². The van der Waals surface area contributed by atoms with Crippen LogP contribution in [0.4, 0.5) is 0 Å². The molecule has 5 heteroatoms. The summed E-state index contributed by atoms with van der Waals surface area (Å²) in [6.07, 6.45) is 4.63. The van der Waals surface area contributed by atoms with E-state index in [9.17, 15) is 0 Å². The summed E-state index contributed by atoms with van der Waals surface area (Å²) in [7, 11) is 0. The lowest BCUT2D eigenvalue weighted by atomic mass is 10.2.